The minimum absolute atomic E-state index is 0.0987. The summed E-state index contributed by atoms with van der Waals surface area (Å²) in [5, 5.41) is 9.44. The molecule has 1 aliphatic rings. The molecule has 1 heterocycles. The summed E-state index contributed by atoms with van der Waals surface area (Å²) in [6.07, 6.45) is 0.286. The first-order valence-corrected chi connectivity index (χ1v) is 7.84. The molecule has 0 saturated heterocycles. The van der Waals surface area contributed by atoms with Crippen LogP contribution in [0.4, 0.5) is 9.59 Å². The van der Waals surface area contributed by atoms with Crippen LogP contribution in [-0.4, -0.2) is 44.4 Å². The Morgan fingerprint density at radius 1 is 1.45 bits per heavy atom. The van der Waals surface area contributed by atoms with E-state index in [0.717, 1.165) is 12.8 Å². The van der Waals surface area contributed by atoms with E-state index in [2.05, 4.69) is 20.9 Å². The monoisotopic (exact) mass is 373 g/mol. The zero-order valence-electron chi connectivity index (χ0n) is 13.1. The van der Waals surface area contributed by atoms with Gasteiger partial charge in [-0.25, -0.2) is 19.1 Å². The number of carbonyl (C=O) groups excluding carboxylic acids is 1. The molecule has 1 aromatic heterocycles. The van der Waals surface area contributed by atoms with Gasteiger partial charge in [0.2, 0.25) is 0 Å². The number of rotatable bonds is 3. The number of aromatic nitrogens is 2. The second-order valence-electron chi connectivity index (χ2n) is 6.44. The van der Waals surface area contributed by atoms with Crippen LogP contribution in [-0.2, 0) is 11.3 Å². The molecule has 1 fully saturated rings. The van der Waals surface area contributed by atoms with Crippen molar-refractivity contribution in [3.8, 4) is 0 Å². The van der Waals surface area contributed by atoms with Crippen LogP contribution < -0.4 is 0 Å². The van der Waals surface area contributed by atoms with Crippen LogP contribution in [0.25, 0.3) is 0 Å². The van der Waals surface area contributed by atoms with Gasteiger partial charge in [0.1, 0.15) is 16.0 Å². The quantitative estimate of drug-likeness (QED) is 0.877. The molecule has 1 amide bonds. The minimum atomic E-state index is -1.09. The zero-order chi connectivity index (χ0) is 16.7. The van der Waals surface area contributed by atoms with Crippen molar-refractivity contribution in [3.05, 3.63) is 16.1 Å². The summed E-state index contributed by atoms with van der Waals surface area (Å²) in [6.45, 7) is 5.44. The Balaban J connectivity index is 2.22. The molecule has 122 valence electrons. The van der Waals surface area contributed by atoms with Crippen molar-refractivity contribution in [3.63, 3.8) is 0 Å². The van der Waals surface area contributed by atoms with Crippen LogP contribution in [0, 0.1) is 0 Å². The molecule has 1 N–H and O–H groups in total. The molecule has 0 spiro atoms. The minimum Gasteiger partial charge on any atom is -0.464 e. The Bertz CT molecular complexity index is 602. The van der Waals surface area contributed by atoms with Gasteiger partial charge < -0.3 is 14.7 Å². The van der Waals surface area contributed by atoms with Gasteiger partial charge in [-0.15, -0.1) is 0 Å². The third-order valence-electron chi connectivity index (χ3n) is 3.18. The molecule has 22 heavy (non-hydrogen) atoms. The smallest absolute Gasteiger partial charge is 0.417 e. The lowest BCUT2D eigenvalue weighted by atomic mass is 10.2. The molecule has 0 aromatic carbocycles. The number of hydrogen-bond acceptors (Lipinski definition) is 4. The summed E-state index contributed by atoms with van der Waals surface area (Å²) in [4.78, 5) is 29.2. The first kappa shape index (κ1) is 16.8. The predicted octanol–water partition coefficient (Wildman–Crippen LogP) is 3.42. The molecule has 8 heteroatoms. The Morgan fingerprint density at radius 3 is 2.50 bits per heavy atom. The summed E-state index contributed by atoms with van der Waals surface area (Å²) in [7, 11) is 1.57. The van der Waals surface area contributed by atoms with Gasteiger partial charge in [-0.2, -0.15) is 0 Å². The van der Waals surface area contributed by atoms with Gasteiger partial charge in [0.05, 0.1) is 12.2 Å². The lowest BCUT2D eigenvalue weighted by Crippen LogP contribution is -2.34. The molecule has 0 atom stereocenters. The molecule has 0 aliphatic heterocycles. The highest BCUT2D eigenvalue weighted by Crippen LogP contribution is 2.41. The van der Waals surface area contributed by atoms with Crippen molar-refractivity contribution in [1.29, 1.82) is 0 Å². The number of imidazole rings is 1. The van der Waals surface area contributed by atoms with Gasteiger partial charge in [0, 0.05) is 13.0 Å². The van der Waals surface area contributed by atoms with E-state index in [9.17, 15) is 14.7 Å². The molecule has 0 bridgehead atoms. The van der Waals surface area contributed by atoms with E-state index in [1.807, 2.05) is 0 Å². The number of hydrogen-bond donors (Lipinski definition) is 1. The number of nitrogens with zero attached hydrogens (tertiary/aromatic N) is 3. The van der Waals surface area contributed by atoms with Crippen molar-refractivity contribution in [2.75, 3.05) is 7.05 Å². The van der Waals surface area contributed by atoms with Crippen molar-refractivity contribution < 1.29 is 19.4 Å². The van der Waals surface area contributed by atoms with Crippen LogP contribution in [0.15, 0.2) is 4.60 Å². The highest BCUT2D eigenvalue weighted by molar-refractivity contribution is 9.10. The predicted molar refractivity (Wildman–Crippen MR) is 83.0 cm³/mol. The lowest BCUT2D eigenvalue weighted by Gasteiger charge is -2.24. The van der Waals surface area contributed by atoms with Gasteiger partial charge in [0.25, 0.3) is 0 Å². The van der Waals surface area contributed by atoms with Crippen molar-refractivity contribution in [2.45, 2.75) is 51.7 Å². The second kappa shape index (κ2) is 5.91. The number of amides is 1. The molecule has 0 unspecified atom stereocenters. The van der Waals surface area contributed by atoms with Crippen LogP contribution in [0.3, 0.4) is 0 Å². The average Bonchev–Trinajstić information content (AvgIpc) is 3.13. The van der Waals surface area contributed by atoms with Crippen LogP contribution in [0.1, 0.15) is 51.0 Å². The first-order valence-electron chi connectivity index (χ1n) is 7.04. The third kappa shape index (κ3) is 3.79. The van der Waals surface area contributed by atoms with E-state index >= 15 is 0 Å². The van der Waals surface area contributed by atoms with E-state index in [0.29, 0.717) is 16.1 Å². The fraction of sp³-hybridized carbons (Fsp3) is 0.643. The van der Waals surface area contributed by atoms with Crippen molar-refractivity contribution in [2.24, 2.45) is 0 Å². The van der Waals surface area contributed by atoms with Crippen LogP contribution >= 0.6 is 15.9 Å². The number of carbonyl (C=O) groups is 2. The largest absolute Gasteiger partial charge is 0.464 e. The Hall–Kier alpha value is -1.57. The maximum Gasteiger partial charge on any atom is 0.417 e. The Labute approximate surface area is 137 Å². The van der Waals surface area contributed by atoms with E-state index in [1.165, 1.54) is 9.47 Å². The molecule has 0 radical (unpaired) electrons. The normalized spacial score (nSPS) is 14.8. The molecule has 1 saturated carbocycles. The standard InChI is InChI=1S/C14H20BrN3O4/c1-14(2,3)22-13(21)17(4)7-9-10(15)16-11(8-5-6-8)18(9)12(19)20/h8H,5-7H2,1-4H3,(H,19,20). The highest BCUT2D eigenvalue weighted by atomic mass is 79.9. The maximum atomic E-state index is 12.0. The Morgan fingerprint density at radius 2 is 2.05 bits per heavy atom. The molecule has 2 rings (SSSR count). The average molecular weight is 374 g/mol. The molecular formula is C14H20BrN3O4. The fourth-order valence-corrected chi connectivity index (χ4v) is 2.52. The highest BCUT2D eigenvalue weighted by Gasteiger charge is 2.33. The third-order valence-corrected chi connectivity index (χ3v) is 3.81. The van der Waals surface area contributed by atoms with Gasteiger partial charge in [-0.05, 0) is 49.5 Å². The van der Waals surface area contributed by atoms with Crippen molar-refractivity contribution in [1.82, 2.24) is 14.5 Å². The van der Waals surface area contributed by atoms with E-state index in [1.54, 1.807) is 27.8 Å². The summed E-state index contributed by atoms with van der Waals surface area (Å²) in [5.41, 5.74) is -0.169. The summed E-state index contributed by atoms with van der Waals surface area (Å²) in [5.74, 6) is 0.722. The Kier molecular flexibility index (Phi) is 4.51. The first-order chi connectivity index (χ1) is 10.1. The molecular weight excluding hydrogens is 354 g/mol. The number of carboxylic acid groups (broad SMARTS) is 1. The molecule has 1 aliphatic carbocycles. The summed E-state index contributed by atoms with van der Waals surface area (Å²) >= 11 is 3.30. The van der Waals surface area contributed by atoms with Crippen LogP contribution in [0.5, 0.6) is 0 Å². The fourth-order valence-electron chi connectivity index (χ4n) is 2.04. The van der Waals surface area contributed by atoms with Gasteiger partial charge in [0.15, 0.2) is 0 Å². The van der Waals surface area contributed by atoms with Crippen LogP contribution in [0.2, 0.25) is 0 Å². The summed E-state index contributed by atoms with van der Waals surface area (Å²) < 4.78 is 6.89. The number of halogens is 1. The second-order valence-corrected chi connectivity index (χ2v) is 7.19. The summed E-state index contributed by atoms with van der Waals surface area (Å²) in [6, 6.07) is 0. The zero-order valence-corrected chi connectivity index (χ0v) is 14.7. The van der Waals surface area contributed by atoms with Crippen molar-refractivity contribution >= 4 is 28.1 Å². The molecule has 1 aromatic rings. The number of ether oxygens (including phenoxy) is 1. The van der Waals surface area contributed by atoms with Gasteiger partial charge >= 0.3 is 12.2 Å². The van der Waals surface area contributed by atoms with E-state index in [-0.39, 0.29) is 12.5 Å². The van der Waals surface area contributed by atoms with Gasteiger partial charge in [-0.1, -0.05) is 0 Å². The lowest BCUT2D eigenvalue weighted by molar-refractivity contribution is 0.0281. The van der Waals surface area contributed by atoms with E-state index < -0.39 is 17.8 Å². The van der Waals surface area contributed by atoms with E-state index in [4.69, 9.17) is 4.74 Å². The molecule has 7 nitrogen and oxygen atoms in total. The SMILES string of the molecule is CN(Cc1c(Br)nc(C2CC2)n1C(=O)O)C(=O)OC(C)(C)C. The maximum absolute atomic E-state index is 12.0. The topological polar surface area (TPSA) is 84.7 Å². The van der Waals surface area contributed by atoms with Gasteiger partial charge in [-0.3, -0.25) is 0 Å².